The van der Waals surface area contributed by atoms with Crippen molar-refractivity contribution in [2.45, 2.75) is 50.0 Å². The van der Waals surface area contributed by atoms with Gasteiger partial charge in [0.15, 0.2) is 0 Å². The molecule has 2 heterocycles. The summed E-state index contributed by atoms with van der Waals surface area (Å²) in [7, 11) is 2.31. The maximum absolute atomic E-state index is 11.7. The molecule has 1 aliphatic heterocycles. The van der Waals surface area contributed by atoms with Gasteiger partial charge in [0, 0.05) is 23.0 Å². The van der Waals surface area contributed by atoms with E-state index in [1.54, 1.807) is 11.6 Å². The molecule has 2 aliphatic carbocycles. The molecule has 2 fully saturated rings. The number of aromatic amines is 1. The molecular weight excluding hydrogens is 284 g/mol. The highest BCUT2D eigenvalue weighted by molar-refractivity contribution is 5.81. The summed E-state index contributed by atoms with van der Waals surface area (Å²) in [5.74, 6) is 0.801. The fraction of sp³-hybridized carbons (Fsp3) is 0.550. The third kappa shape index (κ3) is 1.83. The van der Waals surface area contributed by atoms with Gasteiger partial charge in [0.25, 0.3) is 0 Å². The minimum atomic E-state index is 0.00667. The van der Waals surface area contributed by atoms with Crippen molar-refractivity contribution >= 4 is 10.9 Å². The van der Waals surface area contributed by atoms with Crippen LogP contribution in [-0.4, -0.2) is 29.5 Å². The molecule has 2 bridgehead atoms. The van der Waals surface area contributed by atoms with Crippen molar-refractivity contribution in [1.82, 2.24) is 9.88 Å². The van der Waals surface area contributed by atoms with Gasteiger partial charge < -0.3 is 9.88 Å². The lowest BCUT2D eigenvalue weighted by atomic mass is 9.52. The predicted octanol–water partition coefficient (Wildman–Crippen LogP) is 3.22. The number of aromatic nitrogens is 1. The topological polar surface area (TPSA) is 36.1 Å². The Kier molecular flexibility index (Phi) is 2.82. The molecule has 3 nitrogen and oxygen atoms in total. The number of pyridine rings is 1. The fourth-order valence-electron chi connectivity index (χ4n) is 5.86. The van der Waals surface area contributed by atoms with Gasteiger partial charge in [-0.05, 0) is 79.9 Å². The number of fused-ring (bicyclic) bond motifs is 2. The van der Waals surface area contributed by atoms with Crippen LogP contribution in [0.2, 0.25) is 0 Å². The van der Waals surface area contributed by atoms with Gasteiger partial charge in [0.2, 0.25) is 5.56 Å². The van der Waals surface area contributed by atoms with E-state index in [2.05, 4.69) is 29.1 Å². The molecule has 120 valence electrons. The van der Waals surface area contributed by atoms with Gasteiger partial charge in [-0.25, -0.2) is 0 Å². The molecule has 5 rings (SSSR count). The number of likely N-dealkylation sites (tertiary alicyclic amines) is 1. The van der Waals surface area contributed by atoms with E-state index in [1.807, 2.05) is 6.07 Å². The minimum absolute atomic E-state index is 0.00667. The van der Waals surface area contributed by atoms with Gasteiger partial charge in [-0.2, -0.15) is 0 Å². The normalized spacial score (nSPS) is 33.3. The molecule has 23 heavy (non-hydrogen) atoms. The van der Waals surface area contributed by atoms with Crippen molar-refractivity contribution in [3.05, 3.63) is 45.7 Å². The smallest absolute Gasteiger partial charge is 0.248 e. The Balaban J connectivity index is 1.77. The maximum Gasteiger partial charge on any atom is 0.248 e. The summed E-state index contributed by atoms with van der Waals surface area (Å²) < 4.78 is 0. The Morgan fingerprint density at radius 2 is 2.13 bits per heavy atom. The summed E-state index contributed by atoms with van der Waals surface area (Å²) in [6, 6.07) is 8.99. The molecule has 0 spiro atoms. The maximum atomic E-state index is 11.7. The van der Waals surface area contributed by atoms with Crippen LogP contribution in [-0.2, 0) is 11.8 Å². The van der Waals surface area contributed by atoms with Crippen LogP contribution < -0.4 is 5.56 Å². The first-order valence-corrected chi connectivity index (χ1v) is 9.04. The van der Waals surface area contributed by atoms with Crippen molar-refractivity contribution in [2.75, 3.05) is 13.6 Å². The molecule has 3 aliphatic rings. The number of H-pyrrole nitrogens is 1. The summed E-state index contributed by atoms with van der Waals surface area (Å²) in [6.07, 6.45) is 7.90. The van der Waals surface area contributed by atoms with E-state index in [9.17, 15) is 4.79 Å². The molecular formula is C20H24N2O. The molecule has 1 aromatic carbocycles. The lowest BCUT2D eigenvalue weighted by Crippen LogP contribution is -2.59. The van der Waals surface area contributed by atoms with E-state index in [0.29, 0.717) is 11.5 Å². The molecule has 1 saturated heterocycles. The van der Waals surface area contributed by atoms with Crippen molar-refractivity contribution in [3.8, 4) is 0 Å². The van der Waals surface area contributed by atoms with E-state index < -0.39 is 0 Å². The van der Waals surface area contributed by atoms with E-state index in [0.717, 1.165) is 11.4 Å². The van der Waals surface area contributed by atoms with Crippen LogP contribution in [0.1, 0.15) is 43.2 Å². The number of nitrogens with one attached hydrogen (secondary N) is 1. The van der Waals surface area contributed by atoms with E-state index >= 15 is 0 Å². The van der Waals surface area contributed by atoms with Gasteiger partial charge in [-0.15, -0.1) is 0 Å². The second-order valence-electron chi connectivity index (χ2n) is 7.93. The molecule has 3 heteroatoms. The van der Waals surface area contributed by atoms with Crippen molar-refractivity contribution in [2.24, 2.45) is 5.92 Å². The van der Waals surface area contributed by atoms with E-state index in [4.69, 9.17) is 0 Å². The number of piperidine rings is 1. The molecule has 1 saturated carbocycles. The van der Waals surface area contributed by atoms with Crippen LogP contribution in [0, 0.1) is 5.92 Å². The van der Waals surface area contributed by atoms with E-state index in [-0.39, 0.29) is 5.56 Å². The van der Waals surface area contributed by atoms with E-state index in [1.165, 1.54) is 56.0 Å². The lowest BCUT2D eigenvalue weighted by molar-refractivity contribution is 0.00298. The molecule has 0 amide bonds. The standard InChI is InChI=1S/C20H24N2O/c1-22-9-8-20-7-3-2-4-15(20)18(22)11-14-10-13-5-6-19(23)21-17(13)12-16(14)20/h5-6,10,12,15,18H,2-4,7-9,11H2,1H3,(H,21,23)/t15-,18+,20+/m0/s1. The lowest BCUT2D eigenvalue weighted by Gasteiger charge is -2.58. The van der Waals surface area contributed by atoms with Crippen molar-refractivity contribution in [3.63, 3.8) is 0 Å². The van der Waals surface area contributed by atoms with Crippen LogP contribution in [0.3, 0.4) is 0 Å². The average Bonchev–Trinajstić information content (AvgIpc) is 2.57. The summed E-state index contributed by atoms with van der Waals surface area (Å²) >= 11 is 0. The quantitative estimate of drug-likeness (QED) is 0.811. The van der Waals surface area contributed by atoms with Gasteiger partial charge >= 0.3 is 0 Å². The number of benzene rings is 1. The minimum Gasteiger partial charge on any atom is -0.322 e. The van der Waals surface area contributed by atoms with Crippen LogP contribution >= 0.6 is 0 Å². The molecule has 3 atom stereocenters. The SMILES string of the molecule is CN1CC[C@]23CCCC[C@H]2[C@H]1Cc1cc2ccc(=O)[nH]c2cc13. The molecule has 0 radical (unpaired) electrons. The Hall–Kier alpha value is -1.61. The summed E-state index contributed by atoms with van der Waals surface area (Å²) in [5.41, 5.74) is 4.48. The Morgan fingerprint density at radius 1 is 1.22 bits per heavy atom. The van der Waals surface area contributed by atoms with Crippen molar-refractivity contribution < 1.29 is 0 Å². The number of hydrogen-bond acceptors (Lipinski definition) is 2. The first-order valence-electron chi connectivity index (χ1n) is 9.04. The largest absolute Gasteiger partial charge is 0.322 e. The summed E-state index contributed by atoms with van der Waals surface area (Å²) in [6.45, 7) is 1.21. The Labute approximate surface area is 136 Å². The molecule has 0 unspecified atom stereocenters. The first-order chi connectivity index (χ1) is 11.2. The highest BCUT2D eigenvalue weighted by Crippen LogP contribution is 2.55. The highest BCUT2D eigenvalue weighted by atomic mass is 16.1. The monoisotopic (exact) mass is 308 g/mol. The first kappa shape index (κ1) is 13.8. The Morgan fingerprint density at radius 3 is 3.04 bits per heavy atom. The van der Waals surface area contributed by atoms with Gasteiger partial charge in [0.05, 0.1) is 0 Å². The predicted molar refractivity (Wildman–Crippen MR) is 92.9 cm³/mol. The highest BCUT2D eigenvalue weighted by Gasteiger charge is 2.53. The summed E-state index contributed by atoms with van der Waals surface area (Å²) in [5, 5.41) is 1.18. The third-order valence-electron chi connectivity index (χ3n) is 6.95. The zero-order valence-electron chi connectivity index (χ0n) is 13.8. The number of hydrogen-bond donors (Lipinski definition) is 1. The third-order valence-corrected chi connectivity index (χ3v) is 6.95. The molecule has 1 N–H and O–H groups in total. The molecule has 2 aromatic rings. The zero-order valence-corrected chi connectivity index (χ0v) is 13.8. The van der Waals surface area contributed by atoms with Gasteiger partial charge in [-0.1, -0.05) is 12.8 Å². The van der Waals surface area contributed by atoms with Crippen LogP contribution in [0.4, 0.5) is 0 Å². The molecule has 1 aromatic heterocycles. The van der Waals surface area contributed by atoms with Gasteiger partial charge in [0.1, 0.15) is 0 Å². The number of nitrogens with zero attached hydrogens (tertiary/aromatic N) is 1. The van der Waals surface area contributed by atoms with Gasteiger partial charge in [-0.3, -0.25) is 4.79 Å². The number of likely N-dealkylation sites (N-methyl/N-ethyl adjacent to an activating group) is 1. The fourth-order valence-corrected chi connectivity index (χ4v) is 5.86. The van der Waals surface area contributed by atoms with Crippen LogP contribution in [0.5, 0.6) is 0 Å². The second-order valence-corrected chi connectivity index (χ2v) is 7.93. The Bertz CT molecular complexity index is 839. The van der Waals surface area contributed by atoms with Crippen LogP contribution in [0.15, 0.2) is 29.1 Å². The summed E-state index contributed by atoms with van der Waals surface area (Å²) in [4.78, 5) is 17.4. The second kappa shape index (κ2) is 4.70. The average molecular weight is 308 g/mol. The zero-order chi connectivity index (χ0) is 15.6. The van der Waals surface area contributed by atoms with Crippen molar-refractivity contribution in [1.29, 1.82) is 0 Å². The number of rotatable bonds is 0. The van der Waals surface area contributed by atoms with Crippen LogP contribution in [0.25, 0.3) is 10.9 Å².